The number of nitrogen functional groups attached to an aromatic ring is 1. The third-order valence-corrected chi connectivity index (χ3v) is 4.45. The van der Waals surface area contributed by atoms with Crippen molar-refractivity contribution in [3.8, 4) is 11.4 Å². The van der Waals surface area contributed by atoms with Crippen molar-refractivity contribution in [2.45, 2.75) is 19.0 Å². The number of aryl methyl sites for hydroxylation is 1. The van der Waals surface area contributed by atoms with Crippen LogP contribution in [0.5, 0.6) is 0 Å². The number of nitrogens with zero attached hydrogens (tertiary/aromatic N) is 4. The van der Waals surface area contributed by atoms with Gasteiger partial charge >= 0.3 is 6.18 Å². The largest absolute Gasteiger partial charge is 0.417 e. The van der Waals surface area contributed by atoms with Gasteiger partial charge in [-0.05, 0) is 44.6 Å². The van der Waals surface area contributed by atoms with Gasteiger partial charge in [0.2, 0.25) is 0 Å². The first-order valence-electron chi connectivity index (χ1n) is 9.53. The Bertz CT molecular complexity index is 1080. The molecule has 0 spiro atoms. The van der Waals surface area contributed by atoms with E-state index < -0.39 is 11.7 Å². The van der Waals surface area contributed by atoms with Gasteiger partial charge in [0.25, 0.3) is 0 Å². The number of amidine groups is 1. The normalized spacial score (nSPS) is 12.2. The third-order valence-electron chi connectivity index (χ3n) is 4.45. The lowest BCUT2D eigenvalue weighted by atomic mass is 10.1. The van der Waals surface area contributed by atoms with Gasteiger partial charge in [-0.15, -0.1) is 0 Å². The maximum absolute atomic E-state index is 13.5. The zero-order valence-electron chi connectivity index (χ0n) is 16.8. The molecule has 162 valence electrons. The first-order chi connectivity index (χ1) is 14.8. The SMILES string of the molecule is CNCCCc1cc(N=C(N)c2cccnc2N)nc(-c2ccccc2C(F)(F)F)n1. The monoisotopic (exact) mass is 429 g/mol. The van der Waals surface area contributed by atoms with Crippen LogP contribution in [0.15, 0.2) is 53.7 Å². The van der Waals surface area contributed by atoms with Gasteiger partial charge in [-0.2, -0.15) is 13.2 Å². The fraction of sp³-hybridized carbons (Fsp3) is 0.238. The summed E-state index contributed by atoms with van der Waals surface area (Å²) in [7, 11) is 1.82. The zero-order chi connectivity index (χ0) is 22.4. The number of alkyl halides is 3. The molecule has 0 aliphatic heterocycles. The van der Waals surface area contributed by atoms with E-state index in [9.17, 15) is 13.2 Å². The molecule has 0 bridgehead atoms. The molecule has 1 aromatic carbocycles. The van der Waals surface area contributed by atoms with E-state index in [0.29, 0.717) is 17.7 Å². The maximum Gasteiger partial charge on any atom is 0.417 e. The predicted molar refractivity (Wildman–Crippen MR) is 114 cm³/mol. The van der Waals surface area contributed by atoms with Gasteiger partial charge in [0.15, 0.2) is 11.6 Å². The molecule has 3 aromatic rings. The number of aromatic nitrogens is 3. The Labute approximate surface area is 177 Å². The van der Waals surface area contributed by atoms with E-state index in [1.54, 1.807) is 18.2 Å². The standard InChI is InChI=1S/C21H22F3N7/c1-27-10-4-6-13-12-17(30-19(26)15-8-5-11-28-18(15)25)31-20(29-13)14-7-2-3-9-16(14)21(22,23)24/h2-3,5,7-9,11-12,27H,4,6,10H2,1H3,(H2,25,28)(H2,26,29,30,31). The van der Waals surface area contributed by atoms with E-state index in [1.807, 2.05) is 7.05 Å². The fourth-order valence-corrected chi connectivity index (χ4v) is 2.98. The lowest BCUT2D eigenvalue weighted by Crippen LogP contribution is -2.16. The van der Waals surface area contributed by atoms with Crippen LogP contribution < -0.4 is 16.8 Å². The van der Waals surface area contributed by atoms with Gasteiger partial charge in [0.1, 0.15) is 11.7 Å². The van der Waals surface area contributed by atoms with Crippen molar-refractivity contribution in [3.05, 3.63) is 65.5 Å². The van der Waals surface area contributed by atoms with Crippen LogP contribution in [-0.2, 0) is 12.6 Å². The highest BCUT2D eigenvalue weighted by Crippen LogP contribution is 2.36. The van der Waals surface area contributed by atoms with Crippen LogP contribution in [0.1, 0.15) is 23.2 Å². The summed E-state index contributed by atoms with van der Waals surface area (Å²) >= 11 is 0. The number of nitrogens with one attached hydrogen (secondary N) is 1. The van der Waals surface area contributed by atoms with Crippen LogP contribution >= 0.6 is 0 Å². The number of pyridine rings is 1. The van der Waals surface area contributed by atoms with Gasteiger partial charge < -0.3 is 16.8 Å². The van der Waals surface area contributed by atoms with Crippen LogP contribution in [0.25, 0.3) is 11.4 Å². The molecule has 2 aromatic heterocycles. The summed E-state index contributed by atoms with van der Waals surface area (Å²) in [4.78, 5) is 16.9. The van der Waals surface area contributed by atoms with Crippen molar-refractivity contribution in [1.29, 1.82) is 0 Å². The number of rotatable bonds is 7. The number of nitrogens with two attached hydrogens (primary N) is 2. The molecule has 2 heterocycles. The molecule has 0 radical (unpaired) electrons. The average Bonchev–Trinajstić information content (AvgIpc) is 2.73. The van der Waals surface area contributed by atoms with Crippen molar-refractivity contribution in [3.63, 3.8) is 0 Å². The van der Waals surface area contributed by atoms with Crippen LogP contribution in [0.3, 0.4) is 0 Å². The summed E-state index contributed by atoms with van der Waals surface area (Å²) < 4.78 is 40.6. The summed E-state index contributed by atoms with van der Waals surface area (Å²) in [5.74, 6) is 0.318. The second-order valence-corrected chi connectivity index (χ2v) is 6.72. The molecule has 0 fully saturated rings. The van der Waals surface area contributed by atoms with Crippen molar-refractivity contribution in [2.75, 3.05) is 19.3 Å². The minimum atomic E-state index is -4.55. The highest BCUT2D eigenvalue weighted by molar-refractivity contribution is 6.02. The summed E-state index contributed by atoms with van der Waals surface area (Å²) in [5.41, 5.74) is 11.9. The van der Waals surface area contributed by atoms with E-state index in [0.717, 1.165) is 19.0 Å². The number of anilines is 1. The summed E-state index contributed by atoms with van der Waals surface area (Å²) in [6, 6.07) is 10.1. The quantitative estimate of drug-likeness (QED) is 0.301. The van der Waals surface area contributed by atoms with Crippen LogP contribution in [0.2, 0.25) is 0 Å². The molecule has 3 rings (SSSR count). The highest BCUT2D eigenvalue weighted by atomic mass is 19.4. The topological polar surface area (TPSA) is 115 Å². The van der Waals surface area contributed by atoms with Gasteiger partial charge in [0, 0.05) is 23.5 Å². The molecule has 0 atom stereocenters. The summed E-state index contributed by atoms with van der Waals surface area (Å²) in [6.45, 7) is 0.728. The zero-order valence-corrected chi connectivity index (χ0v) is 16.8. The van der Waals surface area contributed by atoms with E-state index in [1.165, 1.54) is 24.4 Å². The minimum absolute atomic E-state index is 0.0560. The first-order valence-corrected chi connectivity index (χ1v) is 9.53. The van der Waals surface area contributed by atoms with Gasteiger partial charge in [0.05, 0.1) is 11.1 Å². The van der Waals surface area contributed by atoms with Crippen LogP contribution in [0, 0.1) is 0 Å². The molecule has 0 unspecified atom stereocenters. The Morgan fingerprint density at radius 3 is 2.61 bits per heavy atom. The lowest BCUT2D eigenvalue weighted by Gasteiger charge is -2.13. The third kappa shape index (κ3) is 5.54. The second kappa shape index (κ2) is 9.52. The highest BCUT2D eigenvalue weighted by Gasteiger charge is 2.34. The average molecular weight is 429 g/mol. The first kappa shape index (κ1) is 22.2. The molecule has 0 saturated carbocycles. The van der Waals surface area contributed by atoms with Gasteiger partial charge in [-0.25, -0.2) is 19.9 Å². The van der Waals surface area contributed by atoms with E-state index >= 15 is 0 Å². The summed E-state index contributed by atoms with van der Waals surface area (Å²) in [5, 5.41) is 3.03. The molecule has 7 nitrogen and oxygen atoms in total. The molecule has 31 heavy (non-hydrogen) atoms. The molecule has 10 heteroatoms. The number of hydrogen-bond acceptors (Lipinski definition) is 6. The van der Waals surface area contributed by atoms with Crippen molar-refractivity contribution < 1.29 is 13.2 Å². The van der Waals surface area contributed by atoms with Crippen molar-refractivity contribution in [1.82, 2.24) is 20.3 Å². The molecule has 0 amide bonds. The Balaban J connectivity index is 2.10. The van der Waals surface area contributed by atoms with E-state index in [4.69, 9.17) is 11.5 Å². The van der Waals surface area contributed by atoms with Gasteiger partial charge in [-0.1, -0.05) is 18.2 Å². The maximum atomic E-state index is 13.5. The fourth-order valence-electron chi connectivity index (χ4n) is 2.98. The number of aliphatic imine (C=N–C) groups is 1. The van der Waals surface area contributed by atoms with E-state index in [-0.39, 0.29) is 28.9 Å². The Morgan fingerprint density at radius 2 is 1.90 bits per heavy atom. The second-order valence-electron chi connectivity index (χ2n) is 6.72. The Hall–Kier alpha value is -3.53. The molecular formula is C21H22F3N7. The smallest absolute Gasteiger partial charge is 0.383 e. The minimum Gasteiger partial charge on any atom is -0.383 e. The van der Waals surface area contributed by atoms with Crippen LogP contribution in [-0.4, -0.2) is 34.4 Å². The van der Waals surface area contributed by atoms with E-state index in [2.05, 4.69) is 25.3 Å². The molecule has 0 saturated heterocycles. The molecule has 0 aliphatic carbocycles. The lowest BCUT2D eigenvalue weighted by molar-refractivity contribution is -0.137. The molecule has 5 N–H and O–H groups in total. The Morgan fingerprint density at radius 1 is 1.13 bits per heavy atom. The number of halogens is 3. The van der Waals surface area contributed by atoms with Crippen LogP contribution in [0.4, 0.5) is 24.8 Å². The molecule has 0 aliphatic rings. The van der Waals surface area contributed by atoms with Crippen molar-refractivity contribution in [2.24, 2.45) is 10.7 Å². The molecular weight excluding hydrogens is 407 g/mol. The predicted octanol–water partition coefficient (Wildman–Crippen LogP) is 3.33. The number of hydrogen-bond donors (Lipinski definition) is 3. The van der Waals surface area contributed by atoms with Crippen molar-refractivity contribution >= 4 is 17.5 Å². The Kier molecular flexibility index (Phi) is 6.81. The number of benzene rings is 1. The summed E-state index contributed by atoms with van der Waals surface area (Å²) in [6.07, 6.45) is -1.76. The van der Waals surface area contributed by atoms with Gasteiger partial charge in [-0.3, -0.25) is 0 Å².